The standard InChI is InChI=1S/C19H23N3O2/c1-14-5-6-16(20)12-18(14)19(24)22-9-7-21(8-10-22)13-15-3-2-4-17(23)11-15/h2-6,11-12,23H,7-10,13,20H2,1H3. The SMILES string of the molecule is Cc1ccc(N)cc1C(=O)N1CCN(Cc2cccc(O)c2)CC1. The Hall–Kier alpha value is -2.53. The van der Waals surface area contributed by atoms with Gasteiger partial charge < -0.3 is 15.7 Å². The molecule has 2 aromatic carbocycles. The summed E-state index contributed by atoms with van der Waals surface area (Å²) in [5.41, 5.74) is 9.16. The zero-order valence-electron chi connectivity index (χ0n) is 13.9. The lowest BCUT2D eigenvalue weighted by molar-refractivity contribution is 0.0628. The Morgan fingerprint density at radius 1 is 1.12 bits per heavy atom. The number of benzene rings is 2. The first-order valence-electron chi connectivity index (χ1n) is 8.18. The highest BCUT2D eigenvalue weighted by atomic mass is 16.3. The van der Waals surface area contributed by atoms with Crippen molar-refractivity contribution in [3.8, 4) is 5.75 Å². The number of aryl methyl sites for hydroxylation is 1. The van der Waals surface area contributed by atoms with E-state index in [9.17, 15) is 9.90 Å². The van der Waals surface area contributed by atoms with Gasteiger partial charge in [0.25, 0.3) is 5.91 Å². The Morgan fingerprint density at radius 3 is 2.58 bits per heavy atom. The molecule has 126 valence electrons. The van der Waals surface area contributed by atoms with Gasteiger partial charge in [0.1, 0.15) is 5.75 Å². The van der Waals surface area contributed by atoms with Crippen molar-refractivity contribution >= 4 is 11.6 Å². The fourth-order valence-electron chi connectivity index (χ4n) is 3.06. The quantitative estimate of drug-likeness (QED) is 0.849. The molecule has 3 N–H and O–H groups in total. The highest BCUT2D eigenvalue weighted by molar-refractivity contribution is 5.96. The molecule has 24 heavy (non-hydrogen) atoms. The molecule has 5 heteroatoms. The third-order valence-corrected chi connectivity index (χ3v) is 4.47. The van der Waals surface area contributed by atoms with Crippen LogP contribution in [0.4, 0.5) is 5.69 Å². The summed E-state index contributed by atoms with van der Waals surface area (Å²) >= 11 is 0. The van der Waals surface area contributed by atoms with Gasteiger partial charge in [-0.05, 0) is 42.3 Å². The number of rotatable bonds is 3. The van der Waals surface area contributed by atoms with E-state index in [1.165, 1.54) is 0 Å². The van der Waals surface area contributed by atoms with Crippen LogP contribution in [0.3, 0.4) is 0 Å². The van der Waals surface area contributed by atoms with Crippen LogP contribution in [0.25, 0.3) is 0 Å². The van der Waals surface area contributed by atoms with Crippen LogP contribution in [0.5, 0.6) is 5.75 Å². The Bertz CT molecular complexity index is 737. The van der Waals surface area contributed by atoms with Crippen molar-refractivity contribution in [2.75, 3.05) is 31.9 Å². The predicted molar refractivity (Wildman–Crippen MR) is 94.9 cm³/mol. The molecule has 0 aliphatic carbocycles. The Labute approximate surface area is 142 Å². The summed E-state index contributed by atoms with van der Waals surface area (Å²) in [5, 5.41) is 9.55. The molecule has 5 nitrogen and oxygen atoms in total. The predicted octanol–water partition coefficient (Wildman–Crippen LogP) is 2.24. The number of phenolic OH excluding ortho intramolecular Hbond substituents is 1. The topological polar surface area (TPSA) is 69.8 Å². The second-order valence-corrected chi connectivity index (χ2v) is 6.31. The van der Waals surface area contributed by atoms with E-state index in [-0.39, 0.29) is 5.91 Å². The van der Waals surface area contributed by atoms with Crippen LogP contribution in [-0.4, -0.2) is 47.0 Å². The van der Waals surface area contributed by atoms with E-state index in [2.05, 4.69) is 4.90 Å². The van der Waals surface area contributed by atoms with Crippen molar-refractivity contribution in [2.45, 2.75) is 13.5 Å². The first kappa shape index (κ1) is 16.3. The smallest absolute Gasteiger partial charge is 0.254 e. The summed E-state index contributed by atoms with van der Waals surface area (Å²) in [4.78, 5) is 16.9. The average molecular weight is 325 g/mol. The molecule has 1 saturated heterocycles. The molecule has 0 atom stereocenters. The Morgan fingerprint density at radius 2 is 1.88 bits per heavy atom. The number of hydrogen-bond acceptors (Lipinski definition) is 4. The van der Waals surface area contributed by atoms with Gasteiger partial charge in [-0.25, -0.2) is 0 Å². The van der Waals surface area contributed by atoms with Gasteiger partial charge in [0.2, 0.25) is 0 Å². The van der Waals surface area contributed by atoms with Crippen molar-refractivity contribution in [3.63, 3.8) is 0 Å². The van der Waals surface area contributed by atoms with Gasteiger partial charge in [-0.2, -0.15) is 0 Å². The Balaban J connectivity index is 1.60. The van der Waals surface area contributed by atoms with Crippen LogP contribution in [0.2, 0.25) is 0 Å². The number of phenols is 1. The summed E-state index contributed by atoms with van der Waals surface area (Å²) in [5.74, 6) is 0.343. The first-order valence-corrected chi connectivity index (χ1v) is 8.18. The number of hydrogen-bond donors (Lipinski definition) is 2. The van der Waals surface area contributed by atoms with Crippen LogP contribution in [0.15, 0.2) is 42.5 Å². The summed E-state index contributed by atoms with van der Waals surface area (Å²) in [6, 6.07) is 12.8. The molecule has 3 rings (SSSR count). The molecule has 1 aliphatic rings. The van der Waals surface area contributed by atoms with Gasteiger partial charge >= 0.3 is 0 Å². The summed E-state index contributed by atoms with van der Waals surface area (Å²) < 4.78 is 0. The number of nitrogen functional groups attached to an aromatic ring is 1. The summed E-state index contributed by atoms with van der Waals surface area (Å²) in [6.07, 6.45) is 0. The lowest BCUT2D eigenvalue weighted by Gasteiger charge is -2.35. The van der Waals surface area contributed by atoms with Crippen LogP contribution in [0.1, 0.15) is 21.5 Å². The highest BCUT2D eigenvalue weighted by Gasteiger charge is 2.23. The number of carbonyl (C=O) groups is 1. The number of nitrogens with zero attached hydrogens (tertiary/aromatic N) is 2. The number of anilines is 1. The number of piperazine rings is 1. The third-order valence-electron chi connectivity index (χ3n) is 4.47. The van der Waals surface area contributed by atoms with Gasteiger partial charge in [0.05, 0.1) is 0 Å². The highest BCUT2D eigenvalue weighted by Crippen LogP contribution is 2.18. The summed E-state index contributed by atoms with van der Waals surface area (Å²) in [7, 11) is 0. The van der Waals surface area contributed by atoms with Gasteiger partial charge in [0.15, 0.2) is 0 Å². The average Bonchev–Trinajstić information content (AvgIpc) is 2.57. The van der Waals surface area contributed by atoms with Gasteiger partial charge in [-0.3, -0.25) is 9.69 Å². The molecule has 0 unspecified atom stereocenters. The van der Waals surface area contributed by atoms with Crippen LogP contribution in [-0.2, 0) is 6.54 Å². The molecule has 0 radical (unpaired) electrons. The number of nitrogens with two attached hydrogens (primary N) is 1. The van der Waals surface area contributed by atoms with Gasteiger partial charge in [-0.15, -0.1) is 0 Å². The largest absolute Gasteiger partial charge is 0.508 e. The molecule has 2 aromatic rings. The van der Waals surface area contributed by atoms with Crippen LogP contribution >= 0.6 is 0 Å². The van der Waals surface area contributed by atoms with Gasteiger partial charge in [0, 0.05) is 44.0 Å². The second-order valence-electron chi connectivity index (χ2n) is 6.31. The minimum atomic E-state index is 0.0526. The van der Waals surface area contributed by atoms with Crippen LogP contribution < -0.4 is 5.73 Å². The first-order chi connectivity index (χ1) is 11.5. The molecular weight excluding hydrogens is 302 g/mol. The van der Waals surface area contributed by atoms with E-state index < -0.39 is 0 Å². The molecule has 0 saturated carbocycles. The third kappa shape index (κ3) is 3.68. The van der Waals surface area contributed by atoms with Gasteiger partial charge in [-0.1, -0.05) is 18.2 Å². The van der Waals surface area contributed by atoms with Crippen molar-refractivity contribution in [1.82, 2.24) is 9.80 Å². The molecule has 1 fully saturated rings. The minimum absolute atomic E-state index is 0.0526. The zero-order valence-corrected chi connectivity index (χ0v) is 13.9. The van der Waals surface area contributed by atoms with Crippen molar-refractivity contribution in [1.29, 1.82) is 0 Å². The van der Waals surface area contributed by atoms with E-state index in [0.29, 0.717) is 30.1 Å². The van der Waals surface area contributed by atoms with E-state index in [0.717, 1.165) is 30.8 Å². The van der Waals surface area contributed by atoms with Crippen LogP contribution in [0, 0.1) is 6.92 Å². The molecule has 0 spiro atoms. The second kappa shape index (κ2) is 6.93. The van der Waals surface area contributed by atoms with Crippen molar-refractivity contribution in [3.05, 3.63) is 59.2 Å². The maximum absolute atomic E-state index is 12.7. The van der Waals surface area contributed by atoms with E-state index >= 15 is 0 Å². The number of amides is 1. The summed E-state index contributed by atoms with van der Waals surface area (Å²) in [6.45, 7) is 5.77. The van der Waals surface area contributed by atoms with E-state index in [1.807, 2.05) is 36.1 Å². The minimum Gasteiger partial charge on any atom is -0.508 e. The zero-order chi connectivity index (χ0) is 17.1. The fourth-order valence-corrected chi connectivity index (χ4v) is 3.06. The maximum Gasteiger partial charge on any atom is 0.254 e. The lowest BCUT2D eigenvalue weighted by Crippen LogP contribution is -2.48. The van der Waals surface area contributed by atoms with E-state index in [4.69, 9.17) is 5.73 Å². The van der Waals surface area contributed by atoms with Crippen molar-refractivity contribution in [2.24, 2.45) is 0 Å². The van der Waals surface area contributed by atoms with Crippen molar-refractivity contribution < 1.29 is 9.90 Å². The molecule has 0 aromatic heterocycles. The molecule has 1 amide bonds. The lowest BCUT2D eigenvalue weighted by atomic mass is 10.1. The number of aromatic hydroxyl groups is 1. The molecule has 1 heterocycles. The Kier molecular flexibility index (Phi) is 4.71. The number of carbonyl (C=O) groups excluding carboxylic acids is 1. The normalized spacial score (nSPS) is 15.5. The van der Waals surface area contributed by atoms with E-state index in [1.54, 1.807) is 18.2 Å². The maximum atomic E-state index is 12.7. The molecular formula is C19H23N3O2. The fraction of sp³-hybridized carbons (Fsp3) is 0.316. The molecule has 0 bridgehead atoms. The molecule has 1 aliphatic heterocycles. The monoisotopic (exact) mass is 325 g/mol.